The van der Waals surface area contributed by atoms with Gasteiger partial charge in [-0.3, -0.25) is 14.4 Å². The molecule has 1 unspecified atom stereocenters. The van der Waals surface area contributed by atoms with Gasteiger partial charge in [0, 0.05) is 19.3 Å². The van der Waals surface area contributed by atoms with E-state index in [4.69, 9.17) is 14.2 Å². The third-order valence-electron chi connectivity index (χ3n) is 15.2. The molecule has 1 atom stereocenters. The lowest BCUT2D eigenvalue weighted by Gasteiger charge is -2.18. The van der Waals surface area contributed by atoms with Crippen molar-refractivity contribution in [3.8, 4) is 0 Å². The highest BCUT2D eigenvalue weighted by molar-refractivity contribution is 5.71. The number of esters is 3. The summed E-state index contributed by atoms with van der Waals surface area (Å²) < 4.78 is 16.9. The second-order valence-corrected chi connectivity index (χ2v) is 23.1. The number of ether oxygens (including phenoxy) is 3. The Balaban J connectivity index is 4.20. The number of rotatable bonds is 63. The number of unbranched alkanes of at least 4 members (excludes halogenated alkanes) is 38. The summed E-state index contributed by atoms with van der Waals surface area (Å²) in [6.45, 7) is 6.54. The van der Waals surface area contributed by atoms with Gasteiger partial charge in [0.1, 0.15) is 13.2 Å². The molecule has 462 valence electrons. The molecule has 0 aliphatic heterocycles. The predicted octanol–water partition coefficient (Wildman–Crippen LogP) is 23.8. The maximum Gasteiger partial charge on any atom is 0.306 e. The molecule has 0 aromatic carbocycles. The molecule has 6 nitrogen and oxygen atoms in total. The van der Waals surface area contributed by atoms with E-state index in [-0.39, 0.29) is 31.1 Å². The highest BCUT2D eigenvalue weighted by Gasteiger charge is 2.19. The first-order valence-electron chi connectivity index (χ1n) is 34.6. The van der Waals surface area contributed by atoms with Crippen molar-refractivity contribution >= 4 is 17.9 Å². The molecule has 0 spiro atoms. The van der Waals surface area contributed by atoms with Crippen LogP contribution in [0.4, 0.5) is 0 Å². The van der Waals surface area contributed by atoms with Crippen molar-refractivity contribution < 1.29 is 28.6 Å². The van der Waals surface area contributed by atoms with Crippen molar-refractivity contribution in [2.45, 2.75) is 354 Å². The molecule has 0 rings (SSSR count). The summed E-state index contributed by atoms with van der Waals surface area (Å²) in [7, 11) is 0. The molecule has 0 aliphatic carbocycles. The molecule has 0 saturated heterocycles. The van der Waals surface area contributed by atoms with Crippen LogP contribution in [0.1, 0.15) is 348 Å². The van der Waals surface area contributed by atoms with Crippen molar-refractivity contribution in [2.75, 3.05) is 13.2 Å². The van der Waals surface area contributed by atoms with Crippen molar-refractivity contribution in [1.82, 2.24) is 0 Å². The van der Waals surface area contributed by atoms with Crippen LogP contribution in [0.5, 0.6) is 0 Å². The van der Waals surface area contributed by atoms with Crippen LogP contribution in [-0.4, -0.2) is 37.2 Å². The quantitative estimate of drug-likeness (QED) is 0.0261. The monoisotopic (exact) mass is 1110 g/mol. The van der Waals surface area contributed by atoms with Gasteiger partial charge in [-0.05, 0) is 77.0 Å². The molecular weight excluding hydrogens is 985 g/mol. The summed E-state index contributed by atoms with van der Waals surface area (Å²) in [4.78, 5) is 38.3. The molecule has 0 N–H and O–H groups in total. The van der Waals surface area contributed by atoms with Crippen LogP contribution in [-0.2, 0) is 28.6 Å². The van der Waals surface area contributed by atoms with Crippen molar-refractivity contribution in [3.63, 3.8) is 0 Å². The number of carbonyl (C=O) groups is 3. The van der Waals surface area contributed by atoms with Crippen molar-refractivity contribution in [1.29, 1.82) is 0 Å². The minimum atomic E-state index is -0.782. The summed E-state index contributed by atoms with van der Waals surface area (Å²) in [6.07, 6.45) is 90.5. The summed E-state index contributed by atoms with van der Waals surface area (Å²) >= 11 is 0. The summed E-state index contributed by atoms with van der Waals surface area (Å²) in [5.74, 6) is -0.884. The van der Waals surface area contributed by atoms with Gasteiger partial charge in [-0.25, -0.2) is 0 Å². The summed E-state index contributed by atoms with van der Waals surface area (Å²) in [5, 5.41) is 0. The molecule has 0 aliphatic rings. The van der Waals surface area contributed by atoms with E-state index in [9.17, 15) is 14.4 Å². The third kappa shape index (κ3) is 65.4. The van der Waals surface area contributed by atoms with Gasteiger partial charge in [0.2, 0.25) is 0 Å². The Morgan fingerprint density at radius 2 is 0.487 bits per heavy atom. The van der Waals surface area contributed by atoms with Crippen LogP contribution < -0.4 is 0 Å². The van der Waals surface area contributed by atoms with E-state index in [1.165, 1.54) is 186 Å². The number of allylic oxidation sites excluding steroid dienone is 14. The van der Waals surface area contributed by atoms with Crippen molar-refractivity contribution in [3.05, 3.63) is 85.1 Å². The van der Waals surface area contributed by atoms with Gasteiger partial charge in [-0.15, -0.1) is 0 Å². The zero-order valence-corrected chi connectivity index (χ0v) is 53.1. The molecule has 0 saturated carbocycles. The second-order valence-electron chi connectivity index (χ2n) is 23.1. The van der Waals surface area contributed by atoms with Crippen LogP contribution in [0.25, 0.3) is 0 Å². The van der Waals surface area contributed by atoms with E-state index in [2.05, 4.69) is 106 Å². The molecule has 6 heteroatoms. The standard InChI is InChI=1S/C74H130O6/c1-4-7-10-13-16-19-21-23-25-27-29-31-33-35-37-39-40-42-44-46-48-50-52-55-58-61-64-67-73(76)79-70-71(69-78-72(75)66-63-60-57-54-18-15-12-9-6-3)80-74(77)68-65-62-59-56-53-51-49-47-45-43-41-38-36-34-32-30-28-26-24-22-20-17-14-11-8-5-2/h7,10,16,19,23,25,29,31,35,37,40,42,46,48,71H,4-6,8-9,11-15,17-18,20-22,24,26-28,30,32-34,36,38-39,41,43-45,47,49-70H2,1-3H3/b10-7-,19-16-,25-23-,31-29-,37-35-,42-40-,48-46-. The van der Waals surface area contributed by atoms with Crippen LogP contribution in [0.2, 0.25) is 0 Å². The highest BCUT2D eigenvalue weighted by atomic mass is 16.6. The van der Waals surface area contributed by atoms with Gasteiger partial charge < -0.3 is 14.2 Å². The molecule has 0 radical (unpaired) electrons. The fourth-order valence-electron chi connectivity index (χ4n) is 10.0. The first-order chi connectivity index (χ1) is 39.5. The maximum absolute atomic E-state index is 12.9. The number of hydrogen-bond donors (Lipinski definition) is 0. The highest BCUT2D eigenvalue weighted by Crippen LogP contribution is 2.18. The minimum absolute atomic E-state index is 0.0787. The SMILES string of the molecule is CC/C=C\C/C=C\C/C=C\C/C=C\C/C=C\C/C=C\C/C=C\CCCCCCCC(=O)OCC(COC(=O)CCCCCCCCCCC)OC(=O)CCCCCCCCCCCCCCCCCCCCCCCCCCCC. The first-order valence-corrected chi connectivity index (χ1v) is 34.6. The second kappa shape index (κ2) is 68.1. The van der Waals surface area contributed by atoms with E-state index < -0.39 is 6.10 Å². The van der Waals surface area contributed by atoms with Crippen LogP contribution in [0.15, 0.2) is 85.1 Å². The fourth-order valence-corrected chi connectivity index (χ4v) is 10.0. The van der Waals surface area contributed by atoms with Gasteiger partial charge in [-0.2, -0.15) is 0 Å². The molecule has 0 aromatic heterocycles. The average Bonchev–Trinajstić information content (AvgIpc) is 3.46. The Hall–Kier alpha value is -3.41. The number of carbonyl (C=O) groups excluding carboxylic acids is 3. The van der Waals surface area contributed by atoms with E-state index in [0.29, 0.717) is 19.3 Å². The summed E-state index contributed by atoms with van der Waals surface area (Å²) in [5.41, 5.74) is 0. The average molecular weight is 1120 g/mol. The van der Waals surface area contributed by atoms with Gasteiger partial charge in [0.15, 0.2) is 6.10 Å². The van der Waals surface area contributed by atoms with E-state index >= 15 is 0 Å². The van der Waals surface area contributed by atoms with E-state index in [1.807, 2.05) is 0 Å². The normalized spacial score (nSPS) is 12.6. The van der Waals surface area contributed by atoms with Gasteiger partial charge in [-0.1, -0.05) is 337 Å². The Labute approximate surface area is 496 Å². The third-order valence-corrected chi connectivity index (χ3v) is 15.2. The topological polar surface area (TPSA) is 78.9 Å². The zero-order valence-electron chi connectivity index (χ0n) is 53.1. The molecule has 0 aromatic rings. The Bertz CT molecular complexity index is 1520. The Kier molecular flexibility index (Phi) is 65.2. The number of hydrogen-bond acceptors (Lipinski definition) is 6. The lowest BCUT2D eigenvalue weighted by atomic mass is 10.0. The zero-order chi connectivity index (χ0) is 57.8. The van der Waals surface area contributed by atoms with Gasteiger partial charge >= 0.3 is 17.9 Å². The van der Waals surface area contributed by atoms with Crippen LogP contribution >= 0.6 is 0 Å². The Morgan fingerprint density at radius 1 is 0.263 bits per heavy atom. The summed E-state index contributed by atoms with van der Waals surface area (Å²) in [6, 6.07) is 0. The van der Waals surface area contributed by atoms with Crippen molar-refractivity contribution in [2.24, 2.45) is 0 Å². The molecular formula is C74H130O6. The molecule has 0 amide bonds. The van der Waals surface area contributed by atoms with E-state index in [0.717, 1.165) is 122 Å². The predicted molar refractivity (Wildman–Crippen MR) is 348 cm³/mol. The maximum atomic E-state index is 12.9. The lowest BCUT2D eigenvalue weighted by Crippen LogP contribution is -2.30. The molecule has 0 fully saturated rings. The lowest BCUT2D eigenvalue weighted by molar-refractivity contribution is -0.167. The van der Waals surface area contributed by atoms with Gasteiger partial charge in [0.25, 0.3) is 0 Å². The molecule has 0 bridgehead atoms. The van der Waals surface area contributed by atoms with E-state index in [1.54, 1.807) is 0 Å². The van der Waals surface area contributed by atoms with Crippen LogP contribution in [0.3, 0.4) is 0 Å². The molecule has 0 heterocycles. The largest absolute Gasteiger partial charge is 0.462 e. The molecule has 80 heavy (non-hydrogen) atoms. The van der Waals surface area contributed by atoms with Gasteiger partial charge in [0.05, 0.1) is 0 Å². The minimum Gasteiger partial charge on any atom is -0.462 e. The first kappa shape index (κ1) is 76.6. The smallest absolute Gasteiger partial charge is 0.306 e. The Morgan fingerprint density at radius 3 is 0.762 bits per heavy atom. The fraction of sp³-hybridized carbons (Fsp3) is 0.770. The van der Waals surface area contributed by atoms with Crippen LogP contribution in [0, 0.1) is 0 Å².